The van der Waals surface area contributed by atoms with Gasteiger partial charge in [0.1, 0.15) is 17.1 Å². The number of piperidine rings is 1. The number of hydrogen-bond acceptors (Lipinski definition) is 5. The lowest BCUT2D eigenvalue weighted by Gasteiger charge is -2.27. The smallest absolute Gasteiger partial charge is 0.129 e. The van der Waals surface area contributed by atoms with Crippen LogP contribution in [0.2, 0.25) is 0 Å². The Bertz CT molecular complexity index is 671. The van der Waals surface area contributed by atoms with E-state index in [2.05, 4.69) is 46.1 Å². The zero-order valence-electron chi connectivity index (χ0n) is 20.3. The summed E-state index contributed by atoms with van der Waals surface area (Å²) < 4.78 is 5.99. The summed E-state index contributed by atoms with van der Waals surface area (Å²) in [6.07, 6.45) is 7.64. The Labute approximate surface area is 207 Å². The molecule has 7 heteroatoms. The number of rotatable bonds is 9. The molecule has 1 aromatic rings. The van der Waals surface area contributed by atoms with E-state index >= 15 is 0 Å². The van der Waals surface area contributed by atoms with Gasteiger partial charge in [0.2, 0.25) is 0 Å². The molecule has 0 N–H and O–H groups in total. The first-order valence-corrected chi connectivity index (χ1v) is 11.9. The normalized spacial score (nSPS) is 20.4. The second-order valence-corrected chi connectivity index (χ2v) is 9.83. The van der Waals surface area contributed by atoms with Crippen molar-refractivity contribution in [3.05, 3.63) is 29.8 Å². The topological polar surface area (TPSA) is 37.3 Å². The third kappa shape index (κ3) is 9.86. The van der Waals surface area contributed by atoms with Crippen molar-refractivity contribution in [3.63, 3.8) is 0 Å². The van der Waals surface area contributed by atoms with Crippen molar-refractivity contribution < 1.29 is 9.57 Å². The summed E-state index contributed by atoms with van der Waals surface area (Å²) in [6, 6.07) is 9.10. The molecule has 0 spiro atoms. The number of benzene rings is 1. The maximum absolute atomic E-state index is 5.99. The van der Waals surface area contributed by atoms with Crippen LogP contribution in [0.3, 0.4) is 0 Å². The van der Waals surface area contributed by atoms with Gasteiger partial charge in [0.15, 0.2) is 0 Å². The first kappa shape index (κ1) is 29.0. The Morgan fingerprint density at radius 3 is 2.28 bits per heavy atom. The van der Waals surface area contributed by atoms with Gasteiger partial charge < -0.3 is 14.5 Å². The molecule has 2 saturated heterocycles. The fraction of sp³-hybridized carbons (Fsp3) is 0.720. The van der Waals surface area contributed by atoms with Crippen LogP contribution < -0.4 is 4.74 Å². The van der Waals surface area contributed by atoms with Crippen LogP contribution in [0.1, 0.15) is 71.8 Å². The molecule has 0 amide bonds. The Morgan fingerprint density at radius 1 is 1.00 bits per heavy atom. The van der Waals surface area contributed by atoms with Crippen molar-refractivity contribution in [2.75, 3.05) is 39.3 Å². The van der Waals surface area contributed by atoms with Crippen LogP contribution in [0.15, 0.2) is 29.4 Å². The largest absolute Gasteiger partial charge is 0.494 e. The number of hydrogen-bond donors (Lipinski definition) is 0. The van der Waals surface area contributed by atoms with E-state index in [1.165, 1.54) is 38.6 Å². The van der Waals surface area contributed by atoms with E-state index in [-0.39, 0.29) is 30.4 Å². The van der Waals surface area contributed by atoms with E-state index in [1.54, 1.807) is 0 Å². The quantitative estimate of drug-likeness (QED) is 0.251. The monoisotopic (exact) mass is 487 g/mol. The van der Waals surface area contributed by atoms with E-state index in [9.17, 15) is 0 Å². The van der Waals surface area contributed by atoms with E-state index in [1.807, 2.05) is 20.8 Å². The summed E-state index contributed by atoms with van der Waals surface area (Å²) in [5.41, 5.74) is 1.83. The van der Waals surface area contributed by atoms with Crippen LogP contribution in [0.5, 0.6) is 5.75 Å². The molecule has 0 bridgehead atoms. The SMILES string of the molecule is CC1CCCN1CCCOc1ccc(C(CN2CCCCC2)=NOC(C)(C)C)cc1.Cl.Cl. The number of nitrogens with zero attached hydrogens (tertiary/aromatic N) is 3. The Hall–Kier alpha value is -1.01. The second kappa shape index (κ2) is 14.3. The maximum atomic E-state index is 5.99. The fourth-order valence-corrected chi connectivity index (χ4v) is 4.22. The molecule has 0 aliphatic carbocycles. The summed E-state index contributed by atoms with van der Waals surface area (Å²) in [5.74, 6) is 0.933. The van der Waals surface area contributed by atoms with Crippen LogP contribution in [0.25, 0.3) is 0 Å². The zero-order chi connectivity index (χ0) is 21.4. The molecule has 184 valence electrons. The van der Waals surface area contributed by atoms with E-state index in [0.717, 1.165) is 62.3 Å². The molecule has 0 radical (unpaired) electrons. The first-order chi connectivity index (χ1) is 14.4. The Morgan fingerprint density at radius 2 is 1.69 bits per heavy atom. The summed E-state index contributed by atoms with van der Waals surface area (Å²) in [4.78, 5) is 10.8. The van der Waals surface area contributed by atoms with Gasteiger partial charge in [-0.25, -0.2) is 0 Å². The van der Waals surface area contributed by atoms with Crippen molar-refractivity contribution in [2.45, 2.75) is 77.9 Å². The molecule has 2 heterocycles. The fourth-order valence-electron chi connectivity index (χ4n) is 4.22. The lowest BCUT2D eigenvalue weighted by atomic mass is 10.1. The highest BCUT2D eigenvalue weighted by atomic mass is 35.5. The summed E-state index contributed by atoms with van der Waals surface area (Å²) in [7, 11) is 0. The molecular weight excluding hydrogens is 445 g/mol. The maximum Gasteiger partial charge on any atom is 0.129 e. The minimum atomic E-state index is -0.289. The first-order valence-electron chi connectivity index (χ1n) is 11.9. The lowest BCUT2D eigenvalue weighted by Crippen LogP contribution is -2.35. The summed E-state index contributed by atoms with van der Waals surface area (Å²) >= 11 is 0. The van der Waals surface area contributed by atoms with E-state index in [4.69, 9.17) is 9.57 Å². The van der Waals surface area contributed by atoms with Gasteiger partial charge in [-0.1, -0.05) is 11.6 Å². The van der Waals surface area contributed by atoms with Crippen molar-refractivity contribution in [1.82, 2.24) is 9.80 Å². The van der Waals surface area contributed by atoms with Gasteiger partial charge in [0.05, 0.1) is 6.61 Å². The molecule has 0 aromatic heterocycles. The van der Waals surface area contributed by atoms with Crippen LogP contribution in [0, 0.1) is 0 Å². The predicted molar refractivity (Wildman–Crippen MR) is 139 cm³/mol. The van der Waals surface area contributed by atoms with Crippen LogP contribution in [-0.4, -0.2) is 66.5 Å². The van der Waals surface area contributed by atoms with E-state index in [0.29, 0.717) is 0 Å². The third-order valence-corrected chi connectivity index (χ3v) is 5.99. The Kier molecular flexibility index (Phi) is 13.0. The predicted octanol–water partition coefficient (Wildman–Crippen LogP) is 5.79. The molecule has 1 unspecified atom stereocenters. The average molecular weight is 489 g/mol. The Balaban J connectivity index is 0.00000256. The molecule has 1 aromatic carbocycles. The van der Waals surface area contributed by atoms with Crippen LogP contribution in [-0.2, 0) is 4.84 Å². The minimum absolute atomic E-state index is 0. The molecule has 2 aliphatic heterocycles. The van der Waals surface area contributed by atoms with Gasteiger partial charge in [-0.3, -0.25) is 4.90 Å². The van der Waals surface area contributed by atoms with Gasteiger partial charge in [-0.2, -0.15) is 0 Å². The molecule has 3 rings (SSSR count). The van der Waals surface area contributed by atoms with Gasteiger partial charge in [-0.05, 0) is 104 Å². The average Bonchev–Trinajstić information content (AvgIpc) is 3.14. The van der Waals surface area contributed by atoms with Crippen molar-refractivity contribution in [1.29, 1.82) is 0 Å². The lowest BCUT2D eigenvalue weighted by molar-refractivity contribution is 0.000366. The molecule has 5 nitrogen and oxygen atoms in total. The van der Waals surface area contributed by atoms with Crippen molar-refractivity contribution >= 4 is 30.5 Å². The molecular formula is C25H43Cl2N3O2. The molecule has 2 fully saturated rings. The number of oxime groups is 1. The molecule has 32 heavy (non-hydrogen) atoms. The second-order valence-electron chi connectivity index (χ2n) is 9.83. The van der Waals surface area contributed by atoms with Crippen molar-refractivity contribution in [3.8, 4) is 5.75 Å². The highest BCUT2D eigenvalue weighted by Crippen LogP contribution is 2.18. The highest BCUT2D eigenvalue weighted by Gasteiger charge is 2.19. The van der Waals surface area contributed by atoms with Gasteiger partial charge >= 0.3 is 0 Å². The van der Waals surface area contributed by atoms with Gasteiger partial charge in [-0.15, -0.1) is 24.8 Å². The van der Waals surface area contributed by atoms with Crippen LogP contribution >= 0.6 is 24.8 Å². The standard InChI is InChI=1S/C25H41N3O2.2ClH/c1-21-10-8-17-28(21)18-9-19-29-23-13-11-22(12-14-23)24(26-30-25(2,3)4)20-27-15-6-5-7-16-27;;/h11-14,21H,5-10,15-20H2,1-4H3;2*1H. The summed E-state index contributed by atoms with van der Waals surface area (Å²) in [5, 5.41) is 4.54. The molecule has 2 aliphatic rings. The number of halogens is 2. The molecule has 0 saturated carbocycles. The third-order valence-electron chi connectivity index (χ3n) is 5.99. The van der Waals surface area contributed by atoms with Crippen LogP contribution in [0.4, 0.5) is 0 Å². The molecule has 1 atom stereocenters. The minimum Gasteiger partial charge on any atom is -0.494 e. The number of ether oxygens (including phenoxy) is 1. The highest BCUT2D eigenvalue weighted by molar-refractivity contribution is 6.01. The summed E-state index contributed by atoms with van der Waals surface area (Å²) in [6.45, 7) is 14.7. The van der Waals surface area contributed by atoms with Gasteiger partial charge in [0.25, 0.3) is 0 Å². The van der Waals surface area contributed by atoms with E-state index < -0.39 is 0 Å². The van der Waals surface area contributed by atoms with Crippen molar-refractivity contribution in [2.24, 2.45) is 5.16 Å². The zero-order valence-corrected chi connectivity index (χ0v) is 22.0. The van der Waals surface area contributed by atoms with Gasteiger partial charge in [0, 0.05) is 24.7 Å². The number of likely N-dealkylation sites (tertiary alicyclic amines) is 2.